The smallest absolute Gasteiger partial charge is 0.221 e. The molecule has 0 radical (unpaired) electrons. The highest BCUT2D eigenvalue weighted by Crippen LogP contribution is 2.16. The van der Waals surface area contributed by atoms with Crippen LogP contribution in [0.2, 0.25) is 0 Å². The molecule has 1 atom stereocenters. The van der Waals surface area contributed by atoms with E-state index in [2.05, 4.69) is 20.9 Å². The number of hydrogen-bond acceptors (Lipinski definition) is 3. The lowest BCUT2D eigenvalue weighted by Gasteiger charge is -2.12. The Morgan fingerprint density at radius 2 is 1.88 bits per heavy atom. The van der Waals surface area contributed by atoms with Gasteiger partial charge in [0.05, 0.1) is 11.0 Å². The topological polar surface area (TPSA) is 72.9 Å². The quantitative estimate of drug-likeness (QED) is 0.652. The molecule has 1 heterocycles. The summed E-state index contributed by atoms with van der Waals surface area (Å²) in [5, 5.41) is 2.96. The molecule has 25 heavy (non-hydrogen) atoms. The van der Waals surface area contributed by atoms with Gasteiger partial charge in [0.25, 0.3) is 0 Å². The number of nitrogens with one attached hydrogen (secondary N) is 1. The van der Waals surface area contributed by atoms with Crippen molar-refractivity contribution in [2.45, 2.75) is 32.4 Å². The molecule has 0 aliphatic carbocycles. The predicted octanol–water partition coefficient (Wildman–Crippen LogP) is 2.94. The first-order valence-corrected chi connectivity index (χ1v) is 8.64. The molecule has 5 nitrogen and oxygen atoms in total. The van der Waals surface area contributed by atoms with Crippen LogP contribution >= 0.6 is 0 Å². The number of nitrogens with two attached hydrogens (primary N) is 1. The summed E-state index contributed by atoms with van der Waals surface area (Å²) in [4.78, 5) is 16.6. The lowest BCUT2D eigenvalue weighted by atomic mass is 10.0. The van der Waals surface area contributed by atoms with Crippen molar-refractivity contribution in [3.63, 3.8) is 0 Å². The number of benzene rings is 2. The first-order chi connectivity index (χ1) is 12.1. The molecule has 1 aromatic heterocycles. The van der Waals surface area contributed by atoms with E-state index < -0.39 is 0 Å². The summed E-state index contributed by atoms with van der Waals surface area (Å²) in [6.07, 6.45) is 1.16. The molecule has 0 saturated heterocycles. The summed E-state index contributed by atoms with van der Waals surface area (Å²) in [7, 11) is 0. The maximum Gasteiger partial charge on any atom is 0.221 e. The van der Waals surface area contributed by atoms with Gasteiger partial charge in [0.15, 0.2) is 0 Å². The zero-order valence-corrected chi connectivity index (χ0v) is 14.5. The minimum Gasteiger partial charge on any atom is -0.356 e. The zero-order valence-electron chi connectivity index (χ0n) is 14.5. The van der Waals surface area contributed by atoms with Crippen LogP contribution in [-0.4, -0.2) is 22.0 Å². The molecule has 3 N–H and O–H groups in total. The van der Waals surface area contributed by atoms with Crippen LogP contribution in [0.15, 0.2) is 54.6 Å². The van der Waals surface area contributed by atoms with Crippen molar-refractivity contribution >= 4 is 16.9 Å². The van der Waals surface area contributed by atoms with E-state index in [-0.39, 0.29) is 11.9 Å². The highest BCUT2D eigenvalue weighted by Gasteiger charge is 2.11. The molecule has 0 aliphatic heterocycles. The highest BCUT2D eigenvalue weighted by molar-refractivity contribution is 5.77. The molecular formula is C20H24N4O. The van der Waals surface area contributed by atoms with E-state index in [1.807, 2.05) is 55.5 Å². The average Bonchev–Trinajstić information content (AvgIpc) is 2.95. The number of carbonyl (C=O) groups is 1. The Morgan fingerprint density at radius 1 is 1.16 bits per heavy atom. The van der Waals surface area contributed by atoms with Crippen LogP contribution in [-0.2, 0) is 11.3 Å². The van der Waals surface area contributed by atoms with Crippen molar-refractivity contribution in [2.24, 2.45) is 5.73 Å². The van der Waals surface area contributed by atoms with Crippen molar-refractivity contribution in [1.82, 2.24) is 14.9 Å². The predicted molar refractivity (Wildman–Crippen MR) is 100 cm³/mol. The van der Waals surface area contributed by atoms with Crippen LogP contribution in [0.5, 0.6) is 0 Å². The van der Waals surface area contributed by atoms with Crippen molar-refractivity contribution in [2.75, 3.05) is 6.54 Å². The Labute approximate surface area is 147 Å². The number of nitrogens with zero attached hydrogens (tertiary/aromatic N) is 2. The molecule has 130 valence electrons. The third-order valence-electron chi connectivity index (χ3n) is 4.36. The van der Waals surface area contributed by atoms with Gasteiger partial charge in [-0.3, -0.25) is 4.79 Å². The lowest BCUT2D eigenvalue weighted by molar-refractivity contribution is -0.121. The number of imidazole rings is 1. The third kappa shape index (κ3) is 4.25. The first-order valence-electron chi connectivity index (χ1n) is 8.64. The molecule has 0 aliphatic rings. The minimum atomic E-state index is -0.263. The van der Waals surface area contributed by atoms with Gasteiger partial charge in [-0.25, -0.2) is 4.98 Å². The number of rotatable bonds is 7. The molecule has 3 aromatic rings. The standard InChI is InChI=1S/C20H24N4O/c1-15-23-18-10-5-6-11-19(18)24(15)13-7-12-22-20(25)14-17(21)16-8-3-2-4-9-16/h2-6,8-11,17H,7,12-14,21H2,1H3,(H,22,25). The summed E-state index contributed by atoms with van der Waals surface area (Å²) in [6.45, 7) is 3.47. The monoisotopic (exact) mass is 336 g/mol. The van der Waals surface area contributed by atoms with E-state index in [1.165, 1.54) is 0 Å². The fourth-order valence-electron chi connectivity index (χ4n) is 3.03. The maximum atomic E-state index is 12.1. The number of aryl methyl sites for hydroxylation is 2. The van der Waals surface area contributed by atoms with Crippen molar-refractivity contribution in [1.29, 1.82) is 0 Å². The van der Waals surface area contributed by atoms with E-state index in [0.717, 1.165) is 35.4 Å². The van der Waals surface area contributed by atoms with Gasteiger partial charge in [0, 0.05) is 25.6 Å². The number of para-hydroxylation sites is 2. The second-order valence-corrected chi connectivity index (χ2v) is 6.22. The molecule has 1 unspecified atom stereocenters. The summed E-state index contributed by atoms with van der Waals surface area (Å²) >= 11 is 0. The van der Waals surface area contributed by atoms with Crippen LogP contribution in [0.4, 0.5) is 0 Å². The molecule has 0 spiro atoms. The van der Waals surface area contributed by atoms with E-state index in [1.54, 1.807) is 0 Å². The van der Waals surface area contributed by atoms with Gasteiger partial charge >= 0.3 is 0 Å². The van der Waals surface area contributed by atoms with Gasteiger partial charge in [-0.1, -0.05) is 42.5 Å². The summed E-state index contributed by atoms with van der Waals surface area (Å²) < 4.78 is 2.19. The van der Waals surface area contributed by atoms with Crippen LogP contribution in [0.1, 0.15) is 30.3 Å². The van der Waals surface area contributed by atoms with E-state index in [4.69, 9.17) is 5.73 Å². The second-order valence-electron chi connectivity index (χ2n) is 6.22. The highest BCUT2D eigenvalue weighted by atomic mass is 16.1. The normalized spacial score (nSPS) is 12.2. The van der Waals surface area contributed by atoms with Crippen LogP contribution in [0.3, 0.4) is 0 Å². The van der Waals surface area contributed by atoms with E-state index in [9.17, 15) is 4.79 Å². The average molecular weight is 336 g/mol. The molecule has 0 fully saturated rings. The van der Waals surface area contributed by atoms with Gasteiger partial charge in [0.2, 0.25) is 5.91 Å². The number of amides is 1. The SMILES string of the molecule is Cc1nc2ccccc2n1CCCNC(=O)CC(N)c1ccccc1. The van der Waals surface area contributed by atoms with Crippen molar-refractivity contribution in [3.8, 4) is 0 Å². The Hall–Kier alpha value is -2.66. The molecule has 5 heteroatoms. The van der Waals surface area contributed by atoms with Gasteiger partial charge in [0.1, 0.15) is 5.82 Å². The Morgan fingerprint density at radius 3 is 2.68 bits per heavy atom. The Bertz CT molecular complexity index is 841. The van der Waals surface area contributed by atoms with Crippen molar-refractivity contribution in [3.05, 3.63) is 66.0 Å². The molecule has 0 saturated carbocycles. The fraction of sp³-hybridized carbons (Fsp3) is 0.300. The lowest BCUT2D eigenvalue weighted by Crippen LogP contribution is -2.28. The first kappa shape index (κ1) is 17.2. The summed E-state index contributed by atoms with van der Waals surface area (Å²) in [6, 6.07) is 17.6. The van der Waals surface area contributed by atoms with Crippen LogP contribution in [0, 0.1) is 6.92 Å². The second kappa shape index (κ2) is 7.94. The number of hydrogen-bond donors (Lipinski definition) is 2. The van der Waals surface area contributed by atoms with Gasteiger partial charge < -0.3 is 15.6 Å². The largest absolute Gasteiger partial charge is 0.356 e. The number of carbonyl (C=O) groups excluding carboxylic acids is 1. The zero-order chi connectivity index (χ0) is 17.6. The molecule has 2 aromatic carbocycles. The van der Waals surface area contributed by atoms with E-state index in [0.29, 0.717) is 13.0 Å². The van der Waals surface area contributed by atoms with Crippen LogP contribution in [0.25, 0.3) is 11.0 Å². The van der Waals surface area contributed by atoms with Crippen molar-refractivity contribution < 1.29 is 4.79 Å². The number of aromatic nitrogens is 2. The summed E-state index contributed by atoms with van der Waals surface area (Å²) in [5.41, 5.74) is 9.22. The van der Waals surface area contributed by atoms with Gasteiger partial charge in [-0.15, -0.1) is 0 Å². The molecule has 0 bridgehead atoms. The van der Waals surface area contributed by atoms with Crippen LogP contribution < -0.4 is 11.1 Å². The fourth-order valence-corrected chi connectivity index (χ4v) is 3.03. The minimum absolute atomic E-state index is 0.0106. The third-order valence-corrected chi connectivity index (χ3v) is 4.36. The van der Waals surface area contributed by atoms with E-state index >= 15 is 0 Å². The molecule has 1 amide bonds. The molecule has 3 rings (SSSR count). The summed E-state index contributed by atoms with van der Waals surface area (Å²) in [5.74, 6) is 0.988. The maximum absolute atomic E-state index is 12.1. The number of fused-ring (bicyclic) bond motifs is 1. The molecular weight excluding hydrogens is 312 g/mol. The Kier molecular flexibility index (Phi) is 5.46. The van der Waals surface area contributed by atoms with Gasteiger partial charge in [-0.2, -0.15) is 0 Å². The van der Waals surface area contributed by atoms with Gasteiger partial charge in [-0.05, 0) is 31.0 Å². The Balaban J connectivity index is 1.46.